The monoisotopic (exact) mass is 452 g/mol. The smallest absolute Gasteiger partial charge is 0.191 e. The van der Waals surface area contributed by atoms with E-state index in [-0.39, 0.29) is 24.0 Å². The molecule has 1 heterocycles. The number of nitrogens with zero attached hydrogens (tertiary/aromatic N) is 2. The van der Waals surface area contributed by atoms with E-state index in [0.29, 0.717) is 12.1 Å². The van der Waals surface area contributed by atoms with Gasteiger partial charge in [-0.05, 0) is 47.5 Å². The van der Waals surface area contributed by atoms with Gasteiger partial charge < -0.3 is 15.4 Å². The topological polar surface area (TPSA) is 48.9 Å². The molecule has 0 bridgehead atoms. The van der Waals surface area contributed by atoms with Crippen LogP contribution in [0.15, 0.2) is 16.6 Å². The molecule has 24 heavy (non-hydrogen) atoms. The summed E-state index contributed by atoms with van der Waals surface area (Å²) in [5.41, 5.74) is 1.49. The third-order valence-electron chi connectivity index (χ3n) is 4.09. The van der Waals surface area contributed by atoms with E-state index in [4.69, 9.17) is 9.73 Å². The van der Waals surface area contributed by atoms with Crippen molar-refractivity contribution in [2.24, 2.45) is 4.99 Å². The van der Waals surface area contributed by atoms with Gasteiger partial charge in [-0.1, -0.05) is 11.6 Å². The Morgan fingerprint density at radius 1 is 1.25 bits per heavy atom. The lowest BCUT2D eigenvalue weighted by Crippen LogP contribution is -2.41. The number of aliphatic imine (C=N–C) groups is 1. The number of hydrogen-bond acceptors (Lipinski definition) is 3. The van der Waals surface area contributed by atoms with Crippen LogP contribution in [0, 0.1) is 0 Å². The Balaban J connectivity index is 0.00000529. The van der Waals surface area contributed by atoms with Crippen molar-refractivity contribution in [3.05, 3.63) is 11.6 Å². The van der Waals surface area contributed by atoms with E-state index in [2.05, 4.69) is 56.2 Å². The lowest BCUT2D eigenvalue weighted by Gasteiger charge is -2.29. The van der Waals surface area contributed by atoms with Gasteiger partial charge in [0.25, 0.3) is 0 Å². The van der Waals surface area contributed by atoms with E-state index >= 15 is 0 Å². The molecule has 0 fully saturated rings. The minimum atomic E-state index is 0. The van der Waals surface area contributed by atoms with Crippen molar-refractivity contribution in [3.8, 4) is 0 Å². The van der Waals surface area contributed by atoms with Crippen LogP contribution in [0.25, 0.3) is 0 Å². The quantitative estimate of drug-likeness (QED) is 0.245. The number of hydrogen-bond donors (Lipinski definition) is 2. The largest absolute Gasteiger partial charge is 0.377 e. The van der Waals surface area contributed by atoms with Gasteiger partial charge in [-0.2, -0.15) is 0 Å². The summed E-state index contributed by atoms with van der Waals surface area (Å²) in [6, 6.07) is 1.11. The number of ether oxygens (including phenoxy) is 1. The third kappa shape index (κ3) is 9.84. The van der Waals surface area contributed by atoms with Gasteiger partial charge >= 0.3 is 0 Å². The van der Waals surface area contributed by atoms with E-state index in [1.54, 1.807) is 0 Å². The second-order valence-electron chi connectivity index (χ2n) is 6.55. The second kappa shape index (κ2) is 13.9. The molecule has 0 atom stereocenters. The maximum atomic E-state index is 5.34. The standard InChI is InChI=1S/C18H36N4O.HI/c1-6-19-18(20-10-7-17-8-13-23-14-9-17)21-11-12-22(15(2)3)16(4)5;/h8,15-16H,6-7,9-14H2,1-5H3,(H2,19,20,21);1H. The zero-order valence-electron chi connectivity index (χ0n) is 16.1. The van der Waals surface area contributed by atoms with E-state index in [0.717, 1.165) is 58.2 Å². The van der Waals surface area contributed by atoms with Crippen molar-refractivity contribution in [2.75, 3.05) is 39.4 Å². The molecule has 1 aliphatic rings. The summed E-state index contributed by atoms with van der Waals surface area (Å²) < 4.78 is 5.34. The third-order valence-corrected chi connectivity index (χ3v) is 4.09. The highest BCUT2D eigenvalue weighted by molar-refractivity contribution is 14.0. The van der Waals surface area contributed by atoms with Gasteiger partial charge in [-0.25, -0.2) is 0 Å². The van der Waals surface area contributed by atoms with Crippen LogP contribution in [-0.2, 0) is 4.74 Å². The summed E-state index contributed by atoms with van der Waals surface area (Å²) in [6.45, 7) is 16.3. The van der Waals surface area contributed by atoms with Crippen molar-refractivity contribution < 1.29 is 4.74 Å². The maximum absolute atomic E-state index is 5.34. The summed E-state index contributed by atoms with van der Waals surface area (Å²) in [5, 5.41) is 6.77. The van der Waals surface area contributed by atoms with E-state index in [9.17, 15) is 0 Å². The van der Waals surface area contributed by atoms with Gasteiger partial charge in [-0.3, -0.25) is 9.89 Å². The summed E-state index contributed by atoms with van der Waals surface area (Å²) in [4.78, 5) is 7.18. The molecule has 1 rings (SSSR count). The van der Waals surface area contributed by atoms with E-state index < -0.39 is 0 Å². The molecule has 1 aliphatic heterocycles. The van der Waals surface area contributed by atoms with E-state index in [1.165, 1.54) is 5.57 Å². The van der Waals surface area contributed by atoms with E-state index in [1.807, 2.05) is 0 Å². The molecule has 0 unspecified atom stereocenters. The highest BCUT2D eigenvalue weighted by atomic mass is 127. The maximum Gasteiger partial charge on any atom is 0.191 e. The second-order valence-corrected chi connectivity index (χ2v) is 6.55. The molecule has 6 heteroatoms. The molecule has 0 amide bonds. The first-order valence-electron chi connectivity index (χ1n) is 9.08. The Labute approximate surface area is 165 Å². The highest BCUT2D eigenvalue weighted by Gasteiger charge is 2.12. The van der Waals surface area contributed by atoms with Crippen molar-refractivity contribution in [3.63, 3.8) is 0 Å². The molecule has 0 saturated carbocycles. The molecule has 142 valence electrons. The average Bonchev–Trinajstić information content (AvgIpc) is 2.51. The summed E-state index contributed by atoms with van der Waals surface area (Å²) in [5.74, 6) is 0.924. The van der Waals surface area contributed by atoms with Gasteiger partial charge in [-0.15, -0.1) is 24.0 Å². The zero-order valence-corrected chi connectivity index (χ0v) is 18.4. The van der Waals surface area contributed by atoms with Gasteiger partial charge in [0.05, 0.1) is 19.8 Å². The van der Waals surface area contributed by atoms with Crippen molar-refractivity contribution >= 4 is 29.9 Å². The minimum Gasteiger partial charge on any atom is -0.377 e. The Bertz CT molecular complexity index is 375. The molecule has 0 aromatic heterocycles. The van der Waals surface area contributed by atoms with Crippen LogP contribution < -0.4 is 10.6 Å². The first kappa shape index (κ1) is 23.7. The predicted octanol–water partition coefficient (Wildman–Crippen LogP) is 3.02. The molecule has 0 spiro atoms. The number of guanidine groups is 1. The van der Waals surface area contributed by atoms with Gasteiger partial charge in [0.2, 0.25) is 0 Å². The Morgan fingerprint density at radius 2 is 1.96 bits per heavy atom. The molecular formula is C18H37IN4O. The lowest BCUT2D eigenvalue weighted by molar-refractivity contribution is 0.153. The number of nitrogens with one attached hydrogen (secondary N) is 2. The summed E-state index contributed by atoms with van der Waals surface area (Å²) in [6.07, 6.45) is 4.34. The number of rotatable bonds is 9. The molecule has 0 saturated heterocycles. The minimum absolute atomic E-state index is 0. The van der Waals surface area contributed by atoms with Crippen LogP contribution in [0.3, 0.4) is 0 Å². The van der Waals surface area contributed by atoms with Crippen molar-refractivity contribution in [2.45, 2.75) is 59.5 Å². The van der Waals surface area contributed by atoms with Crippen LogP contribution in [0.1, 0.15) is 47.5 Å². The average molecular weight is 452 g/mol. The van der Waals surface area contributed by atoms with Crippen molar-refractivity contribution in [1.82, 2.24) is 15.5 Å². The molecule has 5 nitrogen and oxygen atoms in total. The van der Waals surface area contributed by atoms with Crippen LogP contribution in [0.5, 0.6) is 0 Å². The Hall–Kier alpha value is -0.340. The fourth-order valence-electron chi connectivity index (χ4n) is 2.87. The Kier molecular flexibility index (Phi) is 13.7. The first-order chi connectivity index (χ1) is 11.0. The molecule has 2 N–H and O–H groups in total. The highest BCUT2D eigenvalue weighted by Crippen LogP contribution is 2.10. The normalized spacial score (nSPS) is 15.5. The SMILES string of the molecule is CCNC(=NCCN(C(C)C)C(C)C)NCCC1=CCOCC1.I. The summed E-state index contributed by atoms with van der Waals surface area (Å²) >= 11 is 0. The zero-order chi connectivity index (χ0) is 17.1. The van der Waals surface area contributed by atoms with Crippen LogP contribution in [0.2, 0.25) is 0 Å². The first-order valence-corrected chi connectivity index (χ1v) is 9.08. The molecule has 0 aromatic rings. The molecular weight excluding hydrogens is 415 g/mol. The van der Waals surface area contributed by atoms with Gasteiger partial charge in [0, 0.05) is 31.7 Å². The Morgan fingerprint density at radius 3 is 2.50 bits per heavy atom. The molecule has 0 aliphatic carbocycles. The lowest BCUT2D eigenvalue weighted by atomic mass is 10.1. The van der Waals surface area contributed by atoms with Gasteiger partial charge in [0.1, 0.15) is 0 Å². The van der Waals surface area contributed by atoms with Crippen LogP contribution in [0.4, 0.5) is 0 Å². The van der Waals surface area contributed by atoms with Crippen molar-refractivity contribution in [1.29, 1.82) is 0 Å². The number of halogens is 1. The molecule has 0 aromatic carbocycles. The fourth-order valence-corrected chi connectivity index (χ4v) is 2.87. The fraction of sp³-hybridized carbons (Fsp3) is 0.833. The molecule has 0 radical (unpaired) electrons. The summed E-state index contributed by atoms with van der Waals surface area (Å²) in [7, 11) is 0. The van der Waals surface area contributed by atoms with Crippen LogP contribution in [-0.4, -0.2) is 62.3 Å². The predicted molar refractivity (Wildman–Crippen MR) is 115 cm³/mol. The van der Waals surface area contributed by atoms with Crippen LogP contribution >= 0.6 is 24.0 Å². The van der Waals surface area contributed by atoms with Gasteiger partial charge in [0.15, 0.2) is 5.96 Å².